The van der Waals surface area contributed by atoms with Crippen LogP contribution >= 0.6 is 0 Å². The molecule has 3 aromatic rings. The topological polar surface area (TPSA) is 111 Å². The Morgan fingerprint density at radius 1 is 1.13 bits per heavy atom. The molecule has 158 valence electrons. The van der Waals surface area contributed by atoms with Gasteiger partial charge in [0.25, 0.3) is 0 Å². The van der Waals surface area contributed by atoms with Gasteiger partial charge in [0, 0.05) is 43.6 Å². The largest absolute Gasteiger partial charge is 0.491 e. The lowest BCUT2D eigenvalue weighted by atomic mass is 9.97. The monoisotopic (exact) mass is 409 g/mol. The van der Waals surface area contributed by atoms with E-state index in [0.29, 0.717) is 40.1 Å². The molecular formula is C21H27N7O2. The number of piperazine rings is 1. The third-order valence-electron chi connectivity index (χ3n) is 5.45. The molecule has 1 aliphatic rings. The maximum Gasteiger partial charge on any atom is 0.187 e. The highest BCUT2D eigenvalue weighted by Crippen LogP contribution is 2.48. The molecular weight excluding hydrogens is 382 g/mol. The molecule has 1 saturated heterocycles. The number of nitrogens with two attached hydrogens (primary N) is 1. The maximum absolute atomic E-state index is 6.33. The van der Waals surface area contributed by atoms with Gasteiger partial charge in [-0.05, 0) is 12.0 Å². The second-order valence-corrected chi connectivity index (χ2v) is 7.60. The molecule has 30 heavy (non-hydrogen) atoms. The lowest BCUT2D eigenvalue weighted by Crippen LogP contribution is -2.54. The second-order valence-electron chi connectivity index (χ2n) is 7.60. The van der Waals surface area contributed by atoms with E-state index in [1.807, 2.05) is 6.07 Å². The first-order chi connectivity index (χ1) is 14.5. The second kappa shape index (κ2) is 8.27. The van der Waals surface area contributed by atoms with Crippen molar-refractivity contribution in [1.29, 1.82) is 0 Å². The fourth-order valence-corrected chi connectivity index (χ4v) is 4.00. The first-order valence-corrected chi connectivity index (χ1v) is 10.0. The van der Waals surface area contributed by atoms with E-state index in [2.05, 4.69) is 44.0 Å². The average Bonchev–Trinajstić information content (AvgIpc) is 2.77. The summed E-state index contributed by atoms with van der Waals surface area (Å²) in [5, 5.41) is 3.49. The number of rotatable bonds is 5. The van der Waals surface area contributed by atoms with Crippen molar-refractivity contribution < 1.29 is 9.47 Å². The zero-order chi connectivity index (χ0) is 21.3. The Labute approximate surface area is 175 Å². The van der Waals surface area contributed by atoms with Gasteiger partial charge in [-0.15, -0.1) is 0 Å². The number of anilines is 2. The molecule has 0 bridgehead atoms. The van der Waals surface area contributed by atoms with E-state index in [-0.39, 0.29) is 6.04 Å². The lowest BCUT2D eigenvalue weighted by molar-refractivity contribution is 0.348. The molecule has 0 amide bonds. The summed E-state index contributed by atoms with van der Waals surface area (Å²) in [5.41, 5.74) is 9.63. The molecule has 0 saturated carbocycles. The summed E-state index contributed by atoms with van der Waals surface area (Å²) in [4.78, 5) is 20.2. The van der Waals surface area contributed by atoms with Crippen LogP contribution in [0.25, 0.3) is 22.6 Å². The molecule has 1 atom stereocenters. The van der Waals surface area contributed by atoms with Gasteiger partial charge in [-0.3, -0.25) is 0 Å². The molecule has 3 heterocycles. The molecule has 4 rings (SSSR count). The number of fused-ring (bicyclic) bond motifs is 1. The van der Waals surface area contributed by atoms with Crippen LogP contribution in [-0.4, -0.2) is 59.8 Å². The third kappa shape index (κ3) is 3.45. The Balaban J connectivity index is 1.98. The highest BCUT2D eigenvalue weighted by atomic mass is 16.5. The van der Waals surface area contributed by atoms with Crippen molar-refractivity contribution in [1.82, 2.24) is 25.3 Å². The van der Waals surface area contributed by atoms with Crippen molar-refractivity contribution in [2.24, 2.45) is 5.92 Å². The highest BCUT2D eigenvalue weighted by molar-refractivity contribution is 5.89. The fraction of sp³-hybridized carbons (Fsp3) is 0.429. The van der Waals surface area contributed by atoms with Crippen LogP contribution in [-0.2, 0) is 0 Å². The first-order valence-electron chi connectivity index (χ1n) is 10.0. The van der Waals surface area contributed by atoms with Gasteiger partial charge >= 0.3 is 0 Å². The molecule has 9 nitrogen and oxygen atoms in total. The molecule has 0 spiro atoms. The third-order valence-corrected chi connectivity index (χ3v) is 5.45. The maximum atomic E-state index is 6.33. The van der Waals surface area contributed by atoms with Gasteiger partial charge in [0.2, 0.25) is 0 Å². The first kappa shape index (κ1) is 20.1. The normalized spacial score (nSPS) is 16.8. The summed E-state index contributed by atoms with van der Waals surface area (Å²) >= 11 is 0. The quantitative estimate of drug-likeness (QED) is 0.612. The van der Waals surface area contributed by atoms with Crippen LogP contribution in [0.4, 0.5) is 11.4 Å². The number of hydrogen-bond donors (Lipinski definition) is 2. The summed E-state index contributed by atoms with van der Waals surface area (Å²) in [6, 6.07) is 2.12. The number of hydrogen-bond acceptors (Lipinski definition) is 9. The summed E-state index contributed by atoms with van der Waals surface area (Å²) in [6.07, 6.45) is 4.92. The van der Waals surface area contributed by atoms with Crippen molar-refractivity contribution >= 4 is 22.5 Å². The smallest absolute Gasteiger partial charge is 0.187 e. The summed E-state index contributed by atoms with van der Waals surface area (Å²) in [5.74, 6) is 2.04. The van der Waals surface area contributed by atoms with E-state index in [4.69, 9.17) is 15.2 Å². The Morgan fingerprint density at radius 2 is 1.90 bits per heavy atom. The van der Waals surface area contributed by atoms with E-state index in [0.717, 1.165) is 30.9 Å². The standard InChI is InChI=1S/C21H27N7O2/c1-12(2)16-11-23-7-8-28(16)17-13(9-14(22)18(29-3)19(17)30-4)20-26-10-15-21(27-20)25-6-5-24-15/h5-6,9-10,12,16,23H,7-8,11,22H2,1-4H3. The zero-order valence-electron chi connectivity index (χ0n) is 17.7. The Bertz CT molecular complexity index is 1060. The molecule has 1 aromatic carbocycles. The fourth-order valence-electron chi connectivity index (χ4n) is 4.00. The minimum atomic E-state index is 0.264. The number of nitrogen functional groups attached to an aromatic ring is 1. The molecule has 9 heteroatoms. The Hall–Kier alpha value is -3.20. The molecule has 2 aromatic heterocycles. The molecule has 1 fully saturated rings. The predicted octanol–water partition coefficient (Wildman–Crippen LogP) is 2.12. The van der Waals surface area contributed by atoms with Gasteiger partial charge in [0.15, 0.2) is 23.0 Å². The number of benzene rings is 1. The van der Waals surface area contributed by atoms with E-state index < -0.39 is 0 Å². The SMILES string of the molecule is COc1c(N)cc(-c2ncc3nccnc3n2)c(N2CCNCC2C(C)C)c1OC. The van der Waals surface area contributed by atoms with Gasteiger partial charge in [-0.1, -0.05) is 13.8 Å². The van der Waals surface area contributed by atoms with E-state index in [9.17, 15) is 0 Å². The van der Waals surface area contributed by atoms with Gasteiger partial charge in [0.1, 0.15) is 5.52 Å². The van der Waals surface area contributed by atoms with Crippen LogP contribution in [0.1, 0.15) is 13.8 Å². The van der Waals surface area contributed by atoms with Gasteiger partial charge < -0.3 is 25.4 Å². The van der Waals surface area contributed by atoms with Gasteiger partial charge in [0.05, 0.1) is 31.8 Å². The van der Waals surface area contributed by atoms with Gasteiger partial charge in [-0.2, -0.15) is 0 Å². The van der Waals surface area contributed by atoms with E-state index in [1.165, 1.54) is 0 Å². The summed E-state index contributed by atoms with van der Waals surface area (Å²) < 4.78 is 11.4. The Morgan fingerprint density at radius 3 is 2.63 bits per heavy atom. The van der Waals surface area contributed by atoms with Crippen LogP contribution in [0.2, 0.25) is 0 Å². The molecule has 1 aliphatic heterocycles. The molecule has 0 aliphatic carbocycles. The van der Waals surface area contributed by atoms with Crippen molar-refractivity contribution in [3.05, 3.63) is 24.7 Å². The molecule has 0 radical (unpaired) electrons. The van der Waals surface area contributed by atoms with Crippen molar-refractivity contribution in [2.45, 2.75) is 19.9 Å². The summed E-state index contributed by atoms with van der Waals surface area (Å²) in [6.45, 7) is 6.98. The predicted molar refractivity (Wildman–Crippen MR) is 117 cm³/mol. The number of nitrogens with zero attached hydrogens (tertiary/aromatic N) is 5. The zero-order valence-corrected chi connectivity index (χ0v) is 17.7. The van der Waals surface area contributed by atoms with Crippen LogP contribution in [0, 0.1) is 5.92 Å². The van der Waals surface area contributed by atoms with Crippen LogP contribution in [0.3, 0.4) is 0 Å². The molecule has 1 unspecified atom stereocenters. The molecule has 3 N–H and O–H groups in total. The lowest BCUT2D eigenvalue weighted by Gasteiger charge is -2.41. The summed E-state index contributed by atoms with van der Waals surface area (Å²) in [7, 11) is 3.22. The van der Waals surface area contributed by atoms with Crippen LogP contribution < -0.4 is 25.4 Å². The highest BCUT2D eigenvalue weighted by Gasteiger charge is 2.32. The number of nitrogens with one attached hydrogen (secondary N) is 1. The average molecular weight is 409 g/mol. The van der Waals surface area contributed by atoms with Crippen LogP contribution in [0.5, 0.6) is 11.5 Å². The number of ether oxygens (including phenoxy) is 2. The van der Waals surface area contributed by atoms with E-state index >= 15 is 0 Å². The van der Waals surface area contributed by atoms with Crippen LogP contribution in [0.15, 0.2) is 24.7 Å². The van der Waals surface area contributed by atoms with Crippen molar-refractivity contribution in [3.63, 3.8) is 0 Å². The number of methoxy groups -OCH3 is 2. The minimum absolute atomic E-state index is 0.264. The van der Waals surface area contributed by atoms with Gasteiger partial charge in [-0.25, -0.2) is 19.9 Å². The van der Waals surface area contributed by atoms with Crippen molar-refractivity contribution in [3.8, 4) is 22.9 Å². The minimum Gasteiger partial charge on any atom is -0.491 e. The Kier molecular flexibility index (Phi) is 5.54. The number of aromatic nitrogens is 4. The van der Waals surface area contributed by atoms with Crippen molar-refractivity contribution in [2.75, 3.05) is 44.5 Å². The van der Waals surface area contributed by atoms with E-state index in [1.54, 1.807) is 32.8 Å².